The van der Waals surface area contributed by atoms with Crippen molar-refractivity contribution in [1.82, 2.24) is 4.98 Å². The molecule has 6 heteroatoms. The lowest BCUT2D eigenvalue weighted by atomic mass is 9.93. The van der Waals surface area contributed by atoms with Crippen molar-refractivity contribution in [3.8, 4) is 5.75 Å². The van der Waals surface area contributed by atoms with Crippen LogP contribution in [0.3, 0.4) is 0 Å². The van der Waals surface area contributed by atoms with Gasteiger partial charge in [0.15, 0.2) is 0 Å². The summed E-state index contributed by atoms with van der Waals surface area (Å²) in [4.78, 5) is 14.6. The number of pyridine rings is 1. The van der Waals surface area contributed by atoms with Crippen LogP contribution in [0, 0.1) is 10.1 Å². The highest BCUT2D eigenvalue weighted by molar-refractivity contribution is 5.55. The molecule has 1 N–H and O–H groups in total. The first-order valence-electron chi connectivity index (χ1n) is 6.80. The van der Waals surface area contributed by atoms with Crippen LogP contribution in [-0.4, -0.2) is 23.1 Å². The molecule has 21 heavy (non-hydrogen) atoms. The largest absolute Gasteiger partial charge is 0.493 e. The number of hydrogen-bond acceptors (Lipinski definition) is 5. The van der Waals surface area contributed by atoms with Gasteiger partial charge in [-0.3, -0.25) is 10.1 Å². The monoisotopic (exact) mass is 285 g/mol. The van der Waals surface area contributed by atoms with Crippen molar-refractivity contribution in [1.29, 1.82) is 0 Å². The molecule has 1 aliphatic rings. The lowest BCUT2D eigenvalue weighted by Gasteiger charge is -2.26. The second-order valence-electron chi connectivity index (χ2n) is 4.88. The molecular formula is C15H15N3O3. The second kappa shape index (κ2) is 5.78. The SMILES string of the molecule is O=[N+]([O-])c1cccnc1NCC1CCOc2ccccc21. The minimum Gasteiger partial charge on any atom is -0.493 e. The highest BCUT2D eigenvalue weighted by Crippen LogP contribution is 2.33. The van der Waals surface area contributed by atoms with E-state index < -0.39 is 4.92 Å². The number of anilines is 1. The highest BCUT2D eigenvalue weighted by atomic mass is 16.6. The van der Waals surface area contributed by atoms with Crippen LogP contribution in [-0.2, 0) is 0 Å². The fourth-order valence-corrected chi connectivity index (χ4v) is 2.53. The van der Waals surface area contributed by atoms with Gasteiger partial charge in [-0.15, -0.1) is 0 Å². The van der Waals surface area contributed by atoms with Crippen molar-refractivity contribution in [3.05, 3.63) is 58.3 Å². The summed E-state index contributed by atoms with van der Waals surface area (Å²) in [6, 6.07) is 10.9. The van der Waals surface area contributed by atoms with E-state index >= 15 is 0 Å². The number of nitro groups is 1. The zero-order valence-electron chi connectivity index (χ0n) is 11.4. The van der Waals surface area contributed by atoms with Crippen molar-refractivity contribution >= 4 is 11.5 Å². The topological polar surface area (TPSA) is 77.3 Å². The number of aromatic nitrogens is 1. The van der Waals surface area contributed by atoms with Crippen LogP contribution < -0.4 is 10.1 Å². The van der Waals surface area contributed by atoms with Crippen molar-refractivity contribution in [2.75, 3.05) is 18.5 Å². The Morgan fingerprint density at radius 1 is 1.33 bits per heavy atom. The van der Waals surface area contributed by atoms with Crippen LogP contribution >= 0.6 is 0 Å². The number of para-hydroxylation sites is 1. The fourth-order valence-electron chi connectivity index (χ4n) is 2.53. The maximum absolute atomic E-state index is 11.0. The molecule has 3 rings (SSSR count). The molecule has 0 amide bonds. The fraction of sp³-hybridized carbons (Fsp3) is 0.267. The third-order valence-corrected chi connectivity index (χ3v) is 3.58. The third-order valence-electron chi connectivity index (χ3n) is 3.58. The summed E-state index contributed by atoms with van der Waals surface area (Å²) in [5.74, 6) is 1.47. The molecule has 1 unspecified atom stereocenters. The molecule has 0 aliphatic carbocycles. The number of benzene rings is 1. The normalized spacial score (nSPS) is 16.7. The maximum atomic E-state index is 11.0. The Balaban J connectivity index is 1.76. The van der Waals surface area contributed by atoms with Gasteiger partial charge in [-0.25, -0.2) is 4.98 Å². The molecule has 1 aliphatic heterocycles. The van der Waals surface area contributed by atoms with E-state index in [1.807, 2.05) is 24.3 Å². The Bertz CT molecular complexity index is 660. The van der Waals surface area contributed by atoms with Crippen molar-refractivity contribution in [2.24, 2.45) is 0 Å². The molecule has 108 valence electrons. The standard InChI is InChI=1S/C15H15N3O3/c19-18(20)13-5-3-8-16-15(13)17-10-11-7-9-21-14-6-2-1-4-12(11)14/h1-6,8,11H,7,9-10H2,(H,16,17). The van der Waals surface area contributed by atoms with Crippen molar-refractivity contribution in [3.63, 3.8) is 0 Å². The quantitative estimate of drug-likeness (QED) is 0.690. The molecular weight excluding hydrogens is 270 g/mol. The number of hydrogen-bond donors (Lipinski definition) is 1. The summed E-state index contributed by atoms with van der Waals surface area (Å²) >= 11 is 0. The van der Waals surface area contributed by atoms with Crippen LogP contribution in [0.5, 0.6) is 5.75 Å². The molecule has 1 aromatic carbocycles. The van der Waals surface area contributed by atoms with Gasteiger partial charge in [0.25, 0.3) is 0 Å². The molecule has 2 heterocycles. The third kappa shape index (κ3) is 2.79. The molecule has 0 fully saturated rings. The zero-order chi connectivity index (χ0) is 14.7. The minimum absolute atomic E-state index is 0.00200. The predicted octanol–water partition coefficient (Wildman–Crippen LogP) is 2.97. The van der Waals surface area contributed by atoms with Gasteiger partial charge in [0.1, 0.15) is 5.75 Å². The van der Waals surface area contributed by atoms with Crippen LogP contribution in [0.25, 0.3) is 0 Å². The molecule has 0 radical (unpaired) electrons. The number of fused-ring (bicyclic) bond motifs is 1. The summed E-state index contributed by atoms with van der Waals surface area (Å²) in [6.45, 7) is 1.26. The first-order valence-corrected chi connectivity index (χ1v) is 6.80. The van der Waals surface area contributed by atoms with E-state index in [2.05, 4.69) is 10.3 Å². The minimum atomic E-state index is -0.423. The highest BCUT2D eigenvalue weighted by Gasteiger charge is 2.22. The van der Waals surface area contributed by atoms with Crippen molar-refractivity contribution in [2.45, 2.75) is 12.3 Å². The Labute approximate surface area is 121 Å². The van der Waals surface area contributed by atoms with Gasteiger partial charge in [-0.2, -0.15) is 0 Å². The Morgan fingerprint density at radius 3 is 3.05 bits per heavy atom. The second-order valence-corrected chi connectivity index (χ2v) is 4.88. The van der Waals surface area contributed by atoms with E-state index in [-0.39, 0.29) is 11.6 Å². The van der Waals surface area contributed by atoms with E-state index in [1.165, 1.54) is 6.07 Å². The van der Waals surface area contributed by atoms with Gasteiger partial charge in [-0.1, -0.05) is 18.2 Å². The van der Waals surface area contributed by atoms with Gasteiger partial charge in [0.2, 0.25) is 5.82 Å². The molecule has 0 bridgehead atoms. The van der Waals surface area contributed by atoms with Gasteiger partial charge in [0, 0.05) is 24.7 Å². The lowest BCUT2D eigenvalue weighted by molar-refractivity contribution is -0.384. The number of nitrogens with one attached hydrogen (secondary N) is 1. The van der Waals surface area contributed by atoms with Gasteiger partial charge in [0.05, 0.1) is 11.5 Å². The molecule has 0 spiro atoms. The van der Waals surface area contributed by atoms with Gasteiger partial charge in [-0.05, 0) is 24.1 Å². The Morgan fingerprint density at radius 2 is 2.19 bits per heavy atom. The van der Waals surface area contributed by atoms with Crippen LogP contribution in [0.4, 0.5) is 11.5 Å². The summed E-state index contributed by atoms with van der Waals surface area (Å²) in [5, 5.41) is 14.1. The first kappa shape index (κ1) is 13.4. The zero-order valence-corrected chi connectivity index (χ0v) is 11.4. The summed E-state index contributed by atoms with van der Waals surface area (Å²) in [6.07, 6.45) is 2.43. The van der Waals surface area contributed by atoms with E-state index in [0.29, 0.717) is 19.0 Å². The van der Waals surface area contributed by atoms with Gasteiger partial charge >= 0.3 is 5.69 Å². The van der Waals surface area contributed by atoms with E-state index in [1.54, 1.807) is 12.3 Å². The number of rotatable bonds is 4. The molecule has 1 aromatic heterocycles. The van der Waals surface area contributed by atoms with Gasteiger partial charge < -0.3 is 10.1 Å². The average molecular weight is 285 g/mol. The lowest BCUT2D eigenvalue weighted by Crippen LogP contribution is -2.21. The molecule has 1 atom stereocenters. The number of ether oxygens (including phenoxy) is 1. The smallest absolute Gasteiger partial charge is 0.311 e. The maximum Gasteiger partial charge on any atom is 0.311 e. The first-order chi connectivity index (χ1) is 10.3. The molecule has 0 saturated heterocycles. The predicted molar refractivity (Wildman–Crippen MR) is 78.7 cm³/mol. The molecule has 6 nitrogen and oxygen atoms in total. The van der Waals surface area contributed by atoms with Crippen LogP contribution in [0.15, 0.2) is 42.6 Å². The summed E-state index contributed by atoms with van der Waals surface area (Å²) in [7, 11) is 0. The Kier molecular flexibility index (Phi) is 3.68. The van der Waals surface area contributed by atoms with Crippen LogP contribution in [0.1, 0.15) is 17.9 Å². The van der Waals surface area contributed by atoms with E-state index in [0.717, 1.165) is 17.7 Å². The van der Waals surface area contributed by atoms with E-state index in [9.17, 15) is 10.1 Å². The molecule has 0 saturated carbocycles. The summed E-state index contributed by atoms with van der Waals surface area (Å²) < 4.78 is 5.62. The van der Waals surface area contributed by atoms with Crippen LogP contribution in [0.2, 0.25) is 0 Å². The molecule has 2 aromatic rings. The van der Waals surface area contributed by atoms with Crippen molar-refractivity contribution < 1.29 is 9.66 Å². The average Bonchev–Trinajstić information content (AvgIpc) is 2.53. The Hall–Kier alpha value is -2.63. The number of nitrogens with zero attached hydrogens (tertiary/aromatic N) is 2. The summed E-state index contributed by atoms with van der Waals surface area (Å²) in [5.41, 5.74) is 1.13. The van der Waals surface area contributed by atoms with E-state index in [4.69, 9.17) is 4.74 Å².